The Morgan fingerprint density at radius 1 is 1.24 bits per heavy atom. The fraction of sp³-hybridized carbons (Fsp3) is 0.333. The number of aromatic nitrogens is 2. The molecule has 1 aromatic carbocycles. The van der Waals surface area contributed by atoms with Crippen LogP contribution in [0.5, 0.6) is 11.5 Å². The number of benzene rings is 1. The molecule has 1 aromatic heterocycles. The van der Waals surface area contributed by atoms with Crippen molar-refractivity contribution in [3.8, 4) is 11.5 Å². The Labute approximate surface area is 172 Å². The Morgan fingerprint density at radius 3 is 2.79 bits per heavy atom. The molecule has 2 aromatic rings. The van der Waals surface area contributed by atoms with Gasteiger partial charge in [-0.05, 0) is 44.4 Å². The number of nitrogens with one attached hydrogen (secondary N) is 2. The molecule has 0 aliphatic heterocycles. The van der Waals surface area contributed by atoms with Crippen LogP contribution in [0.4, 0.5) is 14.7 Å². The summed E-state index contributed by atoms with van der Waals surface area (Å²) in [5, 5.41) is 3.57. The van der Waals surface area contributed by atoms with Crippen LogP contribution in [0, 0.1) is 17.6 Å². The van der Waals surface area contributed by atoms with Crippen LogP contribution in [0.2, 0.25) is 0 Å². The summed E-state index contributed by atoms with van der Waals surface area (Å²) >= 11 is 1.37. The van der Waals surface area contributed by atoms with Gasteiger partial charge in [0, 0.05) is 23.9 Å². The van der Waals surface area contributed by atoms with Gasteiger partial charge in [0.2, 0.25) is 5.95 Å². The van der Waals surface area contributed by atoms with Crippen LogP contribution in [0.1, 0.15) is 25.5 Å². The van der Waals surface area contributed by atoms with Gasteiger partial charge in [-0.15, -0.1) is 0 Å². The zero-order valence-electron chi connectivity index (χ0n) is 16.2. The highest BCUT2D eigenvalue weighted by atomic mass is 32.2. The average molecular weight is 416 g/mol. The fourth-order valence-corrected chi connectivity index (χ4v) is 3.43. The summed E-state index contributed by atoms with van der Waals surface area (Å²) in [5.74, 6) is -0.00604. The molecule has 29 heavy (non-hydrogen) atoms. The van der Waals surface area contributed by atoms with E-state index in [-0.39, 0.29) is 11.8 Å². The van der Waals surface area contributed by atoms with Crippen LogP contribution >= 0.6 is 11.9 Å². The minimum atomic E-state index is -0.779. The number of hydrogen-bond donors (Lipinski definition) is 2. The Kier molecular flexibility index (Phi) is 5.82. The van der Waals surface area contributed by atoms with Crippen molar-refractivity contribution in [2.45, 2.75) is 25.8 Å². The molecular formula is C21H22F2N4OS. The van der Waals surface area contributed by atoms with E-state index in [1.807, 2.05) is 12.3 Å². The molecule has 2 N–H and O–H groups in total. The summed E-state index contributed by atoms with van der Waals surface area (Å²) in [6, 6.07) is 3.33. The predicted molar refractivity (Wildman–Crippen MR) is 112 cm³/mol. The average Bonchev–Trinajstić information content (AvgIpc) is 3.45. The van der Waals surface area contributed by atoms with Crippen molar-refractivity contribution >= 4 is 23.5 Å². The number of rotatable bonds is 8. The van der Waals surface area contributed by atoms with E-state index in [9.17, 15) is 8.78 Å². The van der Waals surface area contributed by atoms with Gasteiger partial charge >= 0.3 is 0 Å². The summed E-state index contributed by atoms with van der Waals surface area (Å²) in [4.78, 5) is 8.78. The molecule has 8 heteroatoms. The maximum Gasteiger partial charge on any atom is 0.233 e. The number of allylic oxidation sites excluding steroid dienone is 2. The van der Waals surface area contributed by atoms with E-state index < -0.39 is 11.6 Å². The van der Waals surface area contributed by atoms with Crippen LogP contribution < -0.4 is 14.8 Å². The lowest BCUT2D eigenvalue weighted by Gasteiger charge is -2.13. The van der Waals surface area contributed by atoms with E-state index in [1.165, 1.54) is 42.6 Å². The molecule has 0 amide bonds. The molecule has 152 valence electrons. The van der Waals surface area contributed by atoms with Gasteiger partial charge in [-0.2, -0.15) is 0 Å². The second-order valence-electron chi connectivity index (χ2n) is 7.23. The lowest BCUT2D eigenvalue weighted by atomic mass is 10.2. The second-order valence-corrected chi connectivity index (χ2v) is 7.84. The third kappa shape index (κ3) is 4.76. The summed E-state index contributed by atoms with van der Waals surface area (Å²) < 4.78 is 36.0. The number of anilines is 1. The lowest BCUT2D eigenvalue weighted by molar-refractivity contribution is 0.433. The normalized spacial score (nSPS) is 18.4. The van der Waals surface area contributed by atoms with Crippen LogP contribution in [-0.4, -0.2) is 28.8 Å². The molecule has 5 nitrogen and oxygen atoms in total. The van der Waals surface area contributed by atoms with Crippen molar-refractivity contribution in [3.63, 3.8) is 0 Å². The first-order valence-corrected chi connectivity index (χ1v) is 10.7. The smallest absolute Gasteiger partial charge is 0.233 e. The topological polar surface area (TPSA) is 59.1 Å². The first-order valence-electron chi connectivity index (χ1n) is 9.46. The molecule has 1 unspecified atom stereocenters. The van der Waals surface area contributed by atoms with Gasteiger partial charge in [-0.25, -0.2) is 18.7 Å². The predicted octanol–water partition coefficient (Wildman–Crippen LogP) is 4.95. The molecule has 0 saturated heterocycles. The van der Waals surface area contributed by atoms with E-state index in [0.717, 1.165) is 30.2 Å². The van der Waals surface area contributed by atoms with Crippen molar-refractivity contribution in [1.82, 2.24) is 15.3 Å². The summed E-state index contributed by atoms with van der Waals surface area (Å²) in [7, 11) is 0. The monoisotopic (exact) mass is 416 g/mol. The second kappa shape index (κ2) is 8.51. The van der Waals surface area contributed by atoms with Crippen LogP contribution in [-0.2, 0) is 0 Å². The Bertz CT molecular complexity index is 975. The van der Waals surface area contributed by atoms with Gasteiger partial charge < -0.3 is 10.1 Å². The number of hydrogen-bond acceptors (Lipinski definition) is 6. The Hall–Kier alpha value is -2.45. The van der Waals surface area contributed by atoms with Gasteiger partial charge in [-0.3, -0.25) is 4.72 Å². The highest BCUT2D eigenvalue weighted by Crippen LogP contribution is 2.35. The van der Waals surface area contributed by atoms with E-state index >= 15 is 0 Å². The summed E-state index contributed by atoms with van der Waals surface area (Å²) in [6.45, 7) is 3.06. The summed E-state index contributed by atoms with van der Waals surface area (Å²) in [5.41, 5.74) is 2.60. The van der Waals surface area contributed by atoms with Crippen molar-refractivity contribution in [2.75, 3.05) is 17.5 Å². The molecule has 1 atom stereocenters. The van der Waals surface area contributed by atoms with E-state index in [4.69, 9.17) is 4.74 Å². The molecule has 1 saturated carbocycles. The summed E-state index contributed by atoms with van der Waals surface area (Å²) in [6.07, 6.45) is 10.1. The lowest BCUT2D eigenvalue weighted by Crippen LogP contribution is -2.28. The fourth-order valence-electron chi connectivity index (χ4n) is 3.15. The van der Waals surface area contributed by atoms with Crippen molar-refractivity contribution in [3.05, 3.63) is 59.4 Å². The van der Waals surface area contributed by atoms with Crippen LogP contribution in [0.3, 0.4) is 0 Å². The Balaban J connectivity index is 1.64. The van der Waals surface area contributed by atoms with Gasteiger partial charge in [0.15, 0.2) is 17.3 Å². The maximum absolute atomic E-state index is 14.1. The van der Waals surface area contributed by atoms with E-state index in [2.05, 4.69) is 33.0 Å². The van der Waals surface area contributed by atoms with Crippen LogP contribution in [0.25, 0.3) is 5.57 Å². The molecule has 1 heterocycles. The molecule has 0 bridgehead atoms. The van der Waals surface area contributed by atoms with Gasteiger partial charge in [0.1, 0.15) is 11.5 Å². The first-order chi connectivity index (χ1) is 14.0. The zero-order valence-corrected chi connectivity index (χ0v) is 17.0. The van der Waals surface area contributed by atoms with Crippen molar-refractivity contribution in [1.29, 1.82) is 0 Å². The van der Waals surface area contributed by atoms with Crippen LogP contribution in [0.15, 0.2) is 42.1 Å². The molecule has 0 radical (unpaired) electrons. The zero-order chi connectivity index (χ0) is 20.4. The van der Waals surface area contributed by atoms with Gasteiger partial charge in [0.25, 0.3) is 0 Å². The standard InChI is InChI=1S/C21H22F2N4OS/c1-12-7-14(8-17(12)24-10-13-3-4-13)20-19(11-25-21(26-20)27-29-2)28-18-6-5-15(22)9-16(18)23/h5-9,11,13,17,24H,3-4,10H2,1-2H3,(H,25,26,27). The molecule has 0 spiro atoms. The SMILES string of the molecule is CSNc1ncc(Oc2ccc(F)cc2F)c(C2=CC(NCC3CC3)C(C)=C2)n1. The first kappa shape index (κ1) is 19.8. The number of nitrogens with zero attached hydrogens (tertiary/aromatic N) is 2. The minimum absolute atomic E-state index is 0.0791. The molecule has 1 fully saturated rings. The van der Waals surface area contributed by atoms with Gasteiger partial charge in [0.05, 0.1) is 6.20 Å². The third-order valence-corrected chi connectivity index (χ3v) is 5.27. The van der Waals surface area contributed by atoms with Gasteiger partial charge in [-0.1, -0.05) is 29.7 Å². The Morgan fingerprint density at radius 2 is 2.07 bits per heavy atom. The van der Waals surface area contributed by atoms with Crippen molar-refractivity contribution in [2.24, 2.45) is 5.92 Å². The molecule has 4 rings (SSSR count). The third-order valence-electron chi connectivity index (χ3n) is 4.88. The number of ether oxygens (including phenoxy) is 1. The largest absolute Gasteiger partial charge is 0.450 e. The van der Waals surface area contributed by atoms with Crippen molar-refractivity contribution < 1.29 is 13.5 Å². The highest BCUT2D eigenvalue weighted by Gasteiger charge is 2.25. The highest BCUT2D eigenvalue weighted by molar-refractivity contribution is 7.99. The molecular weight excluding hydrogens is 394 g/mol. The van der Waals surface area contributed by atoms with E-state index in [0.29, 0.717) is 17.4 Å². The quantitative estimate of drug-likeness (QED) is 0.594. The number of halogens is 2. The molecule has 2 aliphatic rings. The minimum Gasteiger partial charge on any atom is -0.450 e. The molecule has 2 aliphatic carbocycles. The maximum atomic E-state index is 14.1. The van der Waals surface area contributed by atoms with E-state index in [1.54, 1.807) is 0 Å².